The van der Waals surface area contributed by atoms with Gasteiger partial charge in [-0.05, 0) is 31.4 Å². The van der Waals surface area contributed by atoms with Gasteiger partial charge in [-0.2, -0.15) is 0 Å². The second-order valence-corrected chi connectivity index (χ2v) is 3.85. The van der Waals surface area contributed by atoms with E-state index in [1.807, 2.05) is 30.3 Å². The standard InChI is InChI=1S/C14H18O2/c1-2-6-13(15)11-14(16)10-9-12-7-4-3-5-8-12/h2-8,14,16H,9-11H2,1H3/t14-/m0/s1. The van der Waals surface area contributed by atoms with Crippen LogP contribution in [0.15, 0.2) is 42.5 Å². The van der Waals surface area contributed by atoms with E-state index >= 15 is 0 Å². The Hall–Kier alpha value is -1.41. The number of ketones is 1. The normalized spacial score (nSPS) is 12.9. The van der Waals surface area contributed by atoms with E-state index in [-0.39, 0.29) is 12.2 Å². The van der Waals surface area contributed by atoms with E-state index in [9.17, 15) is 9.90 Å². The van der Waals surface area contributed by atoms with Gasteiger partial charge in [-0.15, -0.1) is 0 Å². The molecule has 0 aliphatic carbocycles. The maximum atomic E-state index is 11.2. The summed E-state index contributed by atoms with van der Waals surface area (Å²) in [6, 6.07) is 9.98. The molecule has 0 spiro atoms. The molecule has 0 amide bonds. The van der Waals surface area contributed by atoms with Gasteiger partial charge in [0.1, 0.15) is 0 Å². The highest BCUT2D eigenvalue weighted by atomic mass is 16.3. The predicted molar refractivity (Wildman–Crippen MR) is 65.2 cm³/mol. The quantitative estimate of drug-likeness (QED) is 0.745. The number of carbonyl (C=O) groups is 1. The van der Waals surface area contributed by atoms with Crippen LogP contribution in [0.4, 0.5) is 0 Å². The summed E-state index contributed by atoms with van der Waals surface area (Å²) in [5.41, 5.74) is 1.19. The van der Waals surface area contributed by atoms with Crippen LogP contribution in [0.1, 0.15) is 25.3 Å². The third-order valence-electron chi connectivity index (χ3n) is 2.40. The summed E-state index contributed by atoms with van der Waals surface area (Å²) in [7, 11) is 0. The van der Waals surface area contributed by atoms with Crippen molar-refractivity contribution < 1.29 is 9.90 Å². The van der Waals surface area contributed by atoms with Gasteiger partial charge in [-0.3, -0.25) is 4.79 Å². The summed E-state index contributed by atoms with van der Waals surface area (Å²) in [4.78, 5) is 11.2. The minimum Gasteiger partial charge on any atom is -0.393 e. The van der Waals surface area contributed by atoms with Crippen LogP contribution in [-0.2, 0) is 11.2 Å². The van der Waals surface area contributed by atoms with Gasteiger partial charge in [0.05, 0.1) is 6.10 Å². The van der Waals surface area contributed by atoms with Crippen molar-refractivity contribution in [3.05, 3.63) is 48.0 Å². The third-order valence-corrected chi connectivity index (χ3v) is 2.40. The summed E-state index contributed by atoms with van der Waals surface area (Å²) < 4.78 is 0. The molecule has 1 N–H and O–H groups in total. The first kappa shape index (κ1) is 12.7. The van der Waals surface area contributed by atoms with Crippen molar-refractivity contribution in [3.8, 4) is 0 Å². The average Bonchev–Trinajstić information content (AvgIpc) is 2.28. The SMILES string of the molecule is CC=CC(=O)C[C@@H](O)CCc1ccccc1. The topological polar surface area (TPSA) is 37.3 Å². The van der Waals surface area contributed by atoms with Crippen LogP contribution in [0.3, 0.4) is 0 Å². The van der Waals surface area contributed by atoms with Crippen LogP contribution in [0.2, 0.25) is 0 Å². The van der Waals surface area contributed by atoms with E-state index in [1.54, 1.807) is 13.0 Å². The molecule has 0 aliphatic heterocycles. The Balaban J connectivity index is 2.30. The molecule has 0 bridgehead atoms. The second-order valence-electron chi connectivity index (χ2n) is 3.85. The molecule has 0 fully saturated rings. The number of hydrogen-bond donors (Lipinski definition) is 1. The highest BCUT2D eigenvalue weighted by molar-refractivity contribution is 5.89. The van der Waals surface area contributed by atoms with Crippen molar-refractivity contribution in [2.24, 2.45) is 0 Å². The highest BCUT2D eigenvalue weighted by Gasteiger charge is 2.08. The molecular weight excluding hydrogens is 200 g/mol. The molecule has 0 saturated carbocycles. The molecule has 1 aromatic carbocycles. The predicted octanol–water partition coefficient (Wildman–Crippen LogP) is 2.52. The second kappa shape index (κ2) is 6.96. The molecule has 1 atom stereocenters. The summed E-state index contributed by atoms with van der Waals surface area (Å²) in [6.45, 7) is 1.80. The number of benzene rings is 1. The van der Waals surface area contributed by atoms with E-state index in [2.05, 4.69) is 0 Å². The minimum atomic E-state index is -0.538. The van der Waals surface area contributed by atoms with Gasteiger partial charge >= 0.3 is 0 Å². The number of hydrogen-bond acceptors (Lipinski definition) is 2. The number of aliphatic hydroxyl groups excluding tert-OH is 1. The lowest BCUT2D eigenvalue weighted by Crippen LogP contribution is -2.12. The molecule has 0 aromatic heterocycles. The summed E-state index contributed by atoms with van der Waals surface area (Å²) in [5, 5.41) is 9.65. The third kappa shape index (κ3) is 4.89. The summed E-state index contributed by atoms with van der Waals surface area (Å²) in [6.07, 6.45) is 4.33. The van der Waals surface area contributed by atoms with Crippen molar-refractivity contribution in [1.29, 1.82) is 0 Å². The lowest BCUT2D eigenvalue weighted by Gasteiger charge is -2.08. The average molecular weight is 218 g/mol. The van der Waals surface area contributed by atoms with Crippen molar-refractivity contribution in [2.75, 3.05) is 0 Å². The van der Waals surface area contributed by atoms with Crippen LogP contribution >= 0.6 is 0 Å². The molecular formula is C14H18O2. The zero-order valence-corrected chi connectivity index (χ0v) is 9.60. The molecule has 1 rings (SSSR count). The minimum absolute atomic E-state index is 0.0111. The summed E-state index contributed by atoms with van der Waals surface area (Å²) in [5.74, 6) is -0.0111. The van der Waals surface area contributed by atoms with Crippen molar-refractivity contribution >= 4 is 5.78 Å². The van der Waals surface area contributed by atoms with Gasteiger partial charge in [0.2, 0.25) is 0 Å². The van der Waals surface area contributed by atoms with Crippen molar-refractivity contribution in [3.63, 3.8) is 0 Å². The van der Waals surface area contributed by atoms with Gasteiger partial charge in [-0.1, -0.05) is 36.4 Å². The molecule has 2 heteroatoms. The number of carbonyl (C=O) groups excluding carboxylic acids is 1. The van der Waals surface area contributed by atoms with Gasteiger partial charge in [0, 0.05) is 6.42 Å². The van der Waals surface area contributed by atoms with Crippen molar-refractivity contribution in [2.45, 2.75) is 32.3 Å². The van der Waals surface area contributed by atoms with Gasteiger partial charge in [-0.25, -0.2) is 0 Å². The molecule has 0 saturated heterocycles. The maximum Gasteiger partial charge on any atom is 0.157 e. The largest absolute Gasteiger partial charge is 0.393 e. The fourth-order valence-corrected chi connectivity index (χ4v) is 1.57. The Morgan fingerprint density at radius 1 is 1.38 bits per heavy atom. The lowest BCUT2D eigenvalue weighted by atomic mass is 10.0. The van der Waals surface area contributed by atoms with Crippen LogP contribution in [0.25, 0.3) is 0 Å². The number of rotatable bonds is 6. The van der Waals surface area contributed by atoms with Crippen LogP contribution in [-0.4, -0.2) is 17.0 Å². The van der Waals surface area contributed by atoms with E-state index in [0.29, 0.717) is 6.42 Å². The number of aryl methyl sites for hydroxylation is 1. The molecule has 1 aromatic rings. The summed E-state index contributed by atoms with van der Waals surface area (Å²) >= 11 is 0. The Morgan fingerprint density at radius 3 is 2.69 bits per heavy atom. The first-order valence-corrected chi connectivity index (χ1v) is 5.60. The molecule has 0 radical (unpaired) electrons. The molecule has 16 heavy (non-hydrogen) atoms. The van der Waals surface area contributed by atoms with E-state index < -0.39 is 6.10 Å². The lowest BCUT2D eigenvalue weighted by molar-refractivity contribution is -0.116. The molecule has 2 nitrogen and oxygen atoms in total. The maximum absolute atomic E-state index is 11.2. The van der Waals surface area contributed by atoms with Gasteiger partial charge < -0.3 is 5.11 Å². The molecule has 0 heterocycles. The highest BCUT2D eigenvalue weighted by Crippen LogP contribution is 2.07. The first-order chi connectivity index (χ1) is 7.72. The Morgan fingerprint density at radius 2 is 2.06 bits per heavy atom. The van der Waals surface area contributed by atoms with Crippen molar-refractivity contribution in [1.82, 2.24) is 0 Å². The fourth-order valence-electron chi connectivity index (χ4n) is 1.57. The van der Waals surface area contributed by atoms with Crippen LogP contribution < -0.4 is 0 Å². The molecule has 0 aliphatic rings. The number of allylic oxidation sites excluding steroid dienone is 2. The van der Waals surface area contributed by atoms with Crippen LogP contribution in [0.5, 0.6) is 0 Å². The van der Waals surface area contributed by atoms with Gasteiger partial charge in [0.25, 0.3) is 0 Å². The first-order valence-electron chi connectivity index (χ1n) is 5.60. The van der Waals surface area contributed by atoms with Crippen LogP contribution in [0, 0.1) is 0 Å². The Bertz CT molecular complexity index is 341. The van der Waals surface area contributed by atoms with E-state index in [0.717, 1.165) is 6.42 Å². The Kier molecular flexibility index (Phi) is 5.51. The molecule has 0 unspecified atom stereocenters. The molecule has 86 valence electrons. The van der Waals surface area contributed by atoms with E-state index in [1.165, 1.54) is 11.6 Å². The number of aliphatic hydroxyl groups is 1. The Labute approximate surface area is 96.6 Å². The van der Waals surface area contributed by atoms with E-state index in [4.69, 9.17) is 0 Å². The monoisotopic (exact) mass is 218 g/mol. The smallest absolute Gasteiger partial charge is 0.157 e. The zero-order valence-electron chi connectivity index (χ0n) is 9.60. The zero-order chi connectivity index (χ0) is 11.8. The fraction of sp³-hybridized carbons (Fsp3) is 0.357. The van der Waals surface area contributed by atoms with Gasteiger partial charge in [0.15, 0.2) is 5.78 Å².